The Hall–Kier alpha value is -2.10. The summed E-state index contributed by atoms with van der Waals surface area (Å²) in [5.74, 6) is 1.58. The van der Waals surface area contributed by atoms with Gasteiger partial charge in [0.2, 0.25) is 0 Å². The Morgan fingerprint density at radius 2 is 1.76 bits per heavy atom. The van der Waals surface area contributed by atoms with E-state index in [2.05, 4.69) is 30.3 Å². The van der Waals surface area contributed by atoms with E-state index >= 15 is 0 Å². The number of rotatable bonds is 4. The number of hydrogen-bond donors (Lipinski definition) is 1. The van der Waals surface area contributed by atoms with Gasteiger partial charge < -0.3 is 9.94 Å². The zero-order valence-electron chi connectivity index (χ0n) is 16.9. The van der Waals surface area contributed by atoms with Gasteiger partial charge in [-0.15, -0.1) is 0 Å². The van der Waals surface area contributed by atoms with Crippen LogP contribution in [-0.4, -0.2) is 10.8 Å². The summed E-state index contributed by atoms with van der Waals surface area (Å²) in [7, 11) is 0. The molecule has 2 aliphatic rings. The Balaban J connectivity index is 1.54. The molecular formula is C25H28ClNO2. The van der Waals surface area contributed by atoms with Gasteiger partial charge in [-0.25, -0.2) is 0 Å². The molecular weight excluding hydrogens is 382 g/mol. The van der Waals surface area contributed by atoms with Gasteiger partial charge in [0, 0.05) is 16.5 Å². The van der Waals surface area contributed by atoms with E-state index in [-0.39, 0.29) is 12.5 Å². The van der Waals surface area contributed by atoms with Crippen molar-refractivity contribution in [1.29, 1.82) is 0 Å². The van der Waals surface area contributed by atoms with Gasteiger partial charge >= 0.3 is 0 Å². The molecule has 0 aromatic heterocycles. The lowest BCUT2D eigenvalue weighted by molar-refractivity contribution is 0.282. The SMILES string of the molecule is CC1CC=C(c2ccc(C3CCCCC3)c(Cl)c2)ON=C1c1ccc(CO)cc1. The first kappa shape index (κ1) is 20.2. The molecule has 1 aliphatic heterocycles. The molecule has 1 heterocycles. The summed E-state index contributed by atoms with van der Waals surface area (Å²) in [5, 5.41) is 14.6. The summed E-state index contributed by atoms with van der Waals surface area (Å²) < 4.78 is 0. The van der Waals surface area contributed by atoms with Crippen LogP contribution in [0.15, 0.2) is 53.7 Å². The first-order valence-corrected chi connectivity index (χ1v) is 11.0. The maximum atomic E-state index is 9.25. The van der Waals surface area contributed by atoms with Crippen molar-refractivity contribution in [1.82, 2.24) is 0 Å². The maximum absolute atomic E-state index is 9.25. The predicted octanol–water partition coefficient (Wildman–Crippen LogP) is 6.68. The van der Waals surface area contributed by atoms with Gasteiger partial charge in [0.15, 0.2) is 5.76 Å². The molecule has 1 aliphatic carbocycles. The van der Waals surface area contributed by atoms with Crippen LogP contribution in [0.25, 0.3) is 5.76 Å². The number of allylic oxidation sites excluding steroid dienone is 1. The highest BCUT2D eigenvalue weighted by molar-refractivity contribution is 6.31. The Morgan fingerprint density at radius 3 is 2.45 bits per heavy atom. The first-order chi connectivity index (χ1) is 14.2. The lowest BCUT2D eigenvalue weighted by Gasteiger charge is -2.23. The average molecular weight is 410 g/mol. The number of halogens is 1. The van der Waals surface area contributed by atoms with Crippen LogP contribution >= 0.6 is 11.6 Å². The van der Waals surface area contributed by atoms with E-state index in [1.807, 2.05) is 30.3 Å². The lowest BCUT2D eigenvalue weighted by atomic mass is 9.84. The first-order valence-electron chi connectivity index (χ1n) is 10.6. The normalized spacial score (nSPS) is 20.4. The van der Waals surface area contributed by atoms with E-state index in [0.29, 0.717) is 5.92 Å². The van der Waals surface area contributed by atoms with Crippen molar-refractivity contribution in [2.45, 2.75) is 58.0 Å². The van der Waals surface area contributed by atoms with Crippen LogP contribution < -0.4 is 0 Å². The van der Waals surface area contributed by atoms with Crippen LogP contribution in [0, 0.1) is 5.92 Å². The standard InChI is InChI=1S/C25H28ClNO2/c1-17-7-14-24(29-27-25(17)20-10-8-18(16-28)9-11-20)21-12-13-22(23(26)15-21)19-5-3-2-4-6-19/h8-15,17,19,28H,2-7,16H2,1H3. The van der Waals surface area contributed by atoms with E-state index < -0.39 is 0 Å². The second-order valence-electron chi connectivity index (χ2n) is 8.20. The summed E-state index contributed by atoms with van der Waals surface area (Å²) in [5.41, 5.74) is 5.08. The van der Waals surface area contributed by atoms with Crippen molar-refractivity contribution in [3.8, 4) is 0 Å². The highest BCUT2D eigenvalue weighted by atomic mass is 35.5. The van der Waals surface area contributed by atoms with Crippen molar-refractivity contribution in [3.05, 3.63) is 75.8 Å². The topological polar surface area (TPSA) is 41.8 Å². The predicted molar refractivity (Wildman–Crippen MR) is 119 cm³/mol. The van der Waals surface area contributed by atoms with Crippen LogP contribution in [0.1, 0.15) is 73.6 Å². The van der Waals surface area contributed by atoms with E-state index in [0.717, 1.165) is 39.6 Å². The Morgan fingerprint density at radius 1 is 1.03 bits per heavy atom. The smallest absolute Gasteiger partial charge is 0.161 e. The van der Waals surface area contributed by atoms with E-state index in [1.54, 1.807) is 0 Å². The molecule has 29 heavy (non-hydrogen) atoms. The maximum Gasteiger partial charge on any atom is 0.161 e. The molecule has 0 amide bonds. The molecule has 0 radical (unpaired) electrons. The summed E-state index contributed by atoms with van der Waals surface area (Å²) in [6, 6.07) is 14.1. The number of nitrogens with zero attached hydrogens (tertiary/aromatic N) is 1. The van der Waals surface area contributed by atoms with Crippen molar-refractivity contribution in [2.24, 2.45) is 11.1 Å². The quantitative estimate of drug-likeness (QED) is 0.611. The summed E-state index contributed by atoms with van der Waals surface area (Å²) in [6.45, 7) is 2.20. The van der Waals surface area contributed by atoms with Crippen LogP contribution in [0.4, 0.5) is 0 Å². The van der Waals surface area contributed by atoms with Gasteiger partial charge in [-0.1, -0.05) is 79.3 Å². The van der Waals surface area contributed by atoms with Crippen molar-refractivity contribution in [2.75, 3.05) is 0 Å². The summed E-state index contributed by atoms with van der Waals surface area (Å²) in [6.07, 6.45) is 9.36. The van der Waals surface area contributed by atoms with Gasteiger partial charge in [0.05, 0.1) is 12.3 Å². The van der Waals surface area contributed by atoms with Crippen LogP contribution in [0.3, 0.4) is 0 Å². The number of hydrogen-bond acceptors (Lipinski definition) is 3. The molecule has 1 saturated carbocycles. The van der Waals surface area contributed by atoms with Crippen LogP contribution in [0.5, 0.6) is 0 Å². The minimum atomic E-state index is 0.0438. The zero-order chi connectivity index (χ0) is 20.2. The molecule has 2 aromatic rings. The molecule has 3 nitrogen and oxygen atoms in total. The Labute approximate surface area is 178 Å². The second-order valence-corrected chi connectivity index (χ2v) is 8.61. The van der Waals surface area contributed by atoms with Gasteiger partial charge in [0.1, 0.15) is 0 Å². The number of oxime groups is 1. The molecule has 4 heteroatoms. The Kier molecular flexibility index (Phi) is 6.37. The molecule has 4 rings (SSSR count). The summed E-state index contributed by atoms with van der Waals surface area (Å²) in [4.78, 5) is 5.86. The molecule has 1 fully saturated rings. The molecule has 0 saturated heterocycles. The van der Waals surface area contributed by atoms with Gasteiger partial charge in [-0.2, -0.15) is 0 Å². The van der Waals surface area contributed by atoms with Crippen molar-refractivity contribution in [3.63, 3.8) is 0 Å². The molecule has 1 atom stereocenters. The fraction of sp³-hybridized carbons (Fsp3) is 0.400. The van der Waals surface area contributed by atoms with Crippen LogP contribution in [0.2, 0.25) is 5.02 Å². The van der Waals surface area contributed by atoms with Gasteiger partial charge in [-0.05, 0) is 54.0 Å². The molecule has 0 spiro atoms. The second kappa shape index (κ2) is 9.15. The fourth-order valence-electron chi connectivity index (χ4n) is 4.33. The van der Waals surface area contributed by atoms with E-state index in [1.165, 1.54) is 37.7 Å². The monoisotopic (exact) mass is 409 g/mol. The third kappa shape index (κ3) is 4.57. The lowest BCUT2D eigenvalue weighted by Crippen LogP contribution is -2.11. The number of benzene rings is 2. The van der Waals surface area contributed by atoms with Crippen molar-refractivity contribution >= 4 is 23.1 Å². The van der Waals surface area contributed by atoms with E-state index in [4.69, 9.17) is 16.4 Å². The molecule has 1 N–H and O–H groups in total. The van der Waals surface area contributed by atoms with Gasteiger partial charge in [-0.3, -0.25) is 0 Å². The number of aliphatic hydroxyl groups excluding tert-OH is 1. The highest BCUT2D eigenvalue weighted by Gasteiger charge is 2.21. The third-order valence-corrected chi connectivity index (χ3v) is 6.46. The highest BCUT2D eigenvalue weighted by Crippen LogP contribution is 2.37. The minimum absolute atomic E-state index is 0.0438. The zero-order valence-corrected chi connectivity index (χ0v) is 17.7. The molecule has 152 valence electrons. The van der Waals surface area contributed by atoms with Crippen molar-refractivity contribution < 1.29 is 9.94 Å². The van der Waals surface area contributed by atoms with E-state index in [9.17, 15) is 5.11 Å². The Bertz CT molecular complexity index is 911. The third-order valence-electron chi connectivity index (χ3n) is 6.13. The fourth-order valence-corrected chi connectivity index (χ4v) is 4.67. The van der Waals surface area contributed by atoms with Crippen LogP contribution in [-0.2, 0) is 11.4 Å². The van der Waals surface area contributed by atoms with Gasteiger partial charge in [0.25, 0.3) is 0 Å². The number of aliphatic hydroxyl groups is 1. The largest absolute Gasteiger partial charge is 0.392 e. The minimum Gasteiger partial charge on any atom is -0.392 e. The molecule has 2 aromatic carbocycles. The average Bonchev–Trinajstić information content (AvgIpc) is 2.96. The summed E-state index contributed by atoms with van der Waals surface area (Å²) >= 11 is 6.67. The molecule has 1 unspecified atom stereocenters. The molecule has 0 bridgehead atoms.